The van der Waals surface area contributed by atoms with Crippen LogP contribution >= 0.6 is 15.9 Å². The molecule has 1 aliphatic heterocycles. The molecule has 1 amide bonds. The van der Waals surface area contributed by atoms with Crippen LogP contribution in [0.4, 0.5) is 0 Å². The fraction of sp³-hybridized carbons (Fsp3) is 0.308. The van der Waals surface area contributed by atoms with Crippen molar-refractivity contribution in [3.05, 3.63) is 40.6 Å². The Morgan fingerprint density at radius 3 is 2.90 bits per heavy atom. The average Bonchev–Trinajstić information content (AvgIpc) is 3.02. The Hall–Kier alpha value is -1.73. The lowest BCUT2D eigenvalue weighted by Crippen LogP contribution is -2.36. The maximum Gasteiger partial charge on any atom is 0.260 e. The molecule has 20 heavy (non-hydrogen) atoms. The minimum Gasteiger partial charge on any atom is -0.374 e. The number of likely N-dealkylation sites (tertiary alicyclic amines) is 1. The van der Waals surface area contributed by atoms with E-state index < -0.39 is 5.60 Å². The van der Waals surface area contributed by atoms with Crippen molar-refractivity contribution in [2.24, 2.45) is 0 Å². The van der Waals surface area contributed by atoms with Crippen molar-refractivity contribution in [3.63, 3.8) is 0 Å². The van der Waals surface area contributed by atoms with Gasteiger partial charge in [0, 0.05) is 24.5 Å². The molecule has 0 spiro atoms. The van der Waals surface area contributed by atoms with Crippen molar-refractivity contribution in [3.8, 4) is 5.69 Å². The number of halogens is 1. The van der Waals surface area contributed by atoms with Crippen LogP contribution in [0, 0.1) is 0 Å². The predicted octanol–water partition coefficient (Wildman–Crippen LogP) is 1.08. The zero-order chi connectivity index (χ0) is 14.3. The molecule has 1 atom stereocenters. The van der Waals surface area contributed by atoms with Crippen molar-refractivity contribution in [2.45, 2.75) is 12.0 Å². The largest absolute Gasteiger partial charge is 0.374 e. The van der Waals surface area contributed by atoms with E-state index in [0.29, 0.717) is 13.0 Å². The Morgan fingerprint density at radius 2 is 2.25 bits per heavy atom. The Labute approximate surface area is 124 Å². The van der Waals surface area contributed by atoms with Crippen LogP contribution < -0.4 is 0 Å². The van der Waals surface area contributed by atoms with E-state index in [2.05, 4.69) is 26.2 Å². The molecule has 0 aliphatic carbocycles. The van der Waals surface area contributed by atoms with E-state index in [1.165, 1.54) is 4.90 Å². The van der Waals surface area contributed by atoms with Crippen LogP contribution in [-0.2, 0) is 10.4 Å². The SMILES string of the molecule is CN1CCC(O)(c2cn(-c3cccc(Br)c3)nn2)C1=O. The minimum atomic E-state index is -1.56. The predicted molar refractivity (Wildman–Crippen MR) is 75.2 cm³/mol. The van der Waals surface area contributed by atoms with Crippen molar-refractivity contribution in [1.82, 2.24) is 19.9 Å². The number of aromatic nitrogens is 3. The number of hydrogen-bond donors (Lipinski definition) is 1. The molecular formula is C13H13BrN4O2. The average molecular weight is 337 g/mol. The lowest BCUT2D eigenvalue weighted by atomic mass is 9.99. The summed E-state index contributed by atoms with van der Waals surface area (Å²) in [6.45, 7) is 0.513. The van der Waals surface area contributed by atoms with Crippen LogP contribution in [0.25, 0.3) is 5.69 Å². The van der Waals surface area contributed by atoms with Gasteiger partial charge in [0.1, 0.15) is 5.69 Å². The number of carbonyl (C=O) groups is 1. The summed E-state index contributed by atoms with van der Waals surface area (Å²) >= 11 is 3.39. The number of carbonyl (C=O) groups excluding carboxylic acids is 1. The zero-order valence-electron chi connectivity index (χ0n) is 10.8. The topological polar surface area (TPSA) is 71.2 Å². The monoisotopic (exact) mass is 336 g/mol. The normalized spacial score (nSPS) is 22.6. The van der Waals surface area contributed by atoms with Gasteiger partial charge in [-0.05, 0) is 18.2 Å². The summed E-state index contributed by atoms with van der Waals surface area (Å²) in [5.41, 5.74) is -0.466. The van der Waals surface area contributed by atoms with E-state index in [9.17, 15) is 9.90 Å². The first-order chi connectivity index (χ1) is 9.50. The van der Waals surface area contributed by atoms with Crippen molar-refractivity contribution < 1.29 is 9.90 Å². The smallest absolute Gasteiger partial charge is 0.260 e. The van der Waals surface area contributed by atoms with Gasteiger partial charge in [0.05, 0.1) is 11.9 Å². The molecule has 0 saturated carbocycles. The highest BCUT2D eigenvalue weighted by molar-refractivity contribution is 9.10. The molecule has 0 bridgehead atoms. The maximum absolute atomic E-state index is 12.0. The van der Waals surface area contributed by atoms with Gasteiger partial charge < -0.3 is 10.0 Å². The van der Waals surface area contributed by atoms with Gasteiger partial charge in [0.15, 0.2) is 5.60 Å². The van der Waals surface area contributed by atoms with Gasteiger partial charge in [-0.15, -0.1) is 5.10 Å². The van der Waals surface area contributed by atoms with E-state index in [4.69, 9.17) is 0 Å². The number of aliphatic hydroxyl groups is 1. The number of hydrogen-bond acceptors (Lipinski definition) is 4. The van der Waals surface area contributed by atoms with Crippen LogP contribution in [0.3, 0.4) is 0 Å². The summed E-state index contributed by atoms with van der Waals surface area (Å²) in [7, 11) is 1.67. The molecule has 6 nitrogen and oxygen atoms in total. The van der Waals surface area contributed by atoms with Crippen LogP contribution in [0.2, 0.25) is 0 Å². The van der Waals surface area contributed by atoms with Crippen LogP contribution in [-0.4, -0.2) is 44.5 Å². The van der Waals surface area contributed by atoms with Crippen molar-refractivity contribution in [2.75, 3.05) is 13.6 Å². The highest BCUT2D eigenvalue weighted by Crippen LogP contribution is 2.31. The summed E-state index contributed by atoms with van der Waals surface area (Å²) in [6.07, 6.45) is 1.93. The number of amides is 1. The lowest BCUT2D eigenvalue weighted by molar-refractivity contribution is -0.143. The summed E-state index contributed by atoms with van der Waals surface area (Å²) < 4.78 is 2.46. The summed E-state index contributed by atoms with van der Waals surface area (Å²) in [5.74, 6) is -0.334. The molecule has 1 fully saturated rings. The van der Waals surface area contributed by atoms with E-state index in [1.54, 1.807) is 17.9 Å². The Kier molecular flexibility index (Phi) is 3.10. The maximum atomic E-state index is 12.0. The second-order valence-electron chi connectivity index (χ2n) is 4.87. The van der Waals surface area contributed by atoms with Gasteiger partial charge in [0.2, 0.25) is 0 Å². The third-order valence-electron chi connectivity index (χ3n) is 3.50. The molecule has 2 heterocycles. The third kappa shape index (κ3) is 2.03. The molecule has 0 radical (unpaired) electrons. The van der Waals surface area contributed by atoms with Gasteiger partial charge >= 0.3 is 0 Å². The first kappa shape index (κ1) is 13.3. The van der Waals surface area contributed by atoms with Gasteiger partial charge in [-0.25, -0.2) is 4.68 Å². The molecule has 104 valence electrons. The molecule has 1 unspecified atom stereocenters. The Morgan fingerprint density at radius 1 is 1.45 bits per heavy atom. The van der Waals surface area contributed by atoms with Gasteiger partial charge in [-0.2, -0.15) is 0 Å². The fourth-order valence-corrected chi connectivity index (χ4v) is 2.68. The van der Waals surface area contributed by atoms with Crippen molar-refractivity contribution >= 4 is 21.8 Å². The van der Waals surface area contributed by atoms with Crippen LogP contribution in [0.1, 0.15) is 12.1 Å². The first-order valence-corrected chi connectivity index (χ1v) is 6.97. The number of likely N-dealkylation sites (N-methyl/N-ethyl adjacent to an activating group) is 1. The molecule has 7 heteroatoms. The number of benzene rings is 1. The second kappa shape index (κ2) is 4.68. The van der Waals surface area contributed by atoms with E-state index in [1.807, 2.05) is 24.3 Å². The summed E-state index contributed by atoms with van der Waals surface area (Å²) in [4.78, 5) is 13.5. The zero-order valence-corrected chi connectivity index (χ0v) is 12.4. The van der Waals surface area contributed by atoms with E-state index in [0.717, 1.165) is 10.2 Å². The lowest BCUT2D eigenvalue weighted by Gasteiger charge is -2.17. The molecule has 2 aromatic rings. The van der Waals surface area contributed by atoms with Gasteiger partial charge in [0.25, 0.3) is 5.91 Å². The third-order valence-corrected chi connectivity index (χ3v) is 3.99. The quantitative estimate of drug-likeness (QED) is 0.890. The molecule has 1 saturated heterocycles. The first-order valence-electron chi connectivity index (χ1n) is 6.17. The number of rotatable bonds is 2. The Balaban J connectivity index is 1.97. The standard InChI is InChI=1S/C13H13BrN4O2/c1-17-6-5-13(20,12(17)19)11-8-18(16-15-11)10-4-2-3-9(14)7-10/h2-4,7-8,20H,5-6H2,1H3. The van der Waals surface area contributed by atoms with E-state index in [-0.39, 0.29) is 11.6 Å². The molecule has 1 aromatic carbocycles. The highest BCUT2D eigenvalue weighted by atomic mass is 79.9. The molecule has 3 rings (SSSR count). The number of nitrogens with zero attached hydrogens (tertiary/aromatic N) is 4. The Bertz CT molecular complexity index is 672. The molecular weight excluding hydrogens is 324 g/mol. The van der Waals surface area contributed by atoms with Crippen LogP contribution in [0.15, 0.2) is 34.9 Å². The van der Waals surface area contributed by atoms with Crippen molar-refractivity contribution in [1.29, 1.82) is 0 Å². The fourth-order valence-electron chi connectivity index (χ4n) is 2.29. The van der Waals surface area contributed by atoms with Gasteiger partial charge in [-0.3, -0.25) is 4.79 Å². The molecule has 1 aliphatic rings. The summed E-state index contributed by atoms with van der Waals surface area (Å²) in [6, 6.07) is 7.54. The highest BCUT2D eigenvalue weighted by Gasteiger charge is 2.47. The molecule has 1 aromatic heterocycles. The van der Waals surface area contributed by atoms with E-state index >= 15 is 0 Å². The van der Waals surface area contributed by atoms with Gasteiger partial charge in [-0.1, -0.05) is 27.2 Å². The molecule has 1 N–H and O–H groups in total. The van der Waals surface area contributed by atoms with Crippen LogP contribution in [0.5, 0.6) is 0 Å². The summed E-state index contributed by atoms with van der Waals surface area (Å²) in [5, 5.41) is 18.5. The minimum absolute atomic E-state index is 0.284. The second-order valence-corrected chi connectivity index (χ2v) is 5.78.